The van der Waals surface area contributed by atoms with E-state index in [-0.39, 0.29) is 17.6 Å². The van der Waals surface area contributed by atoms with Crippen molar-refractivity contribution in [2.45, 2.75) is 37.8 Å². The molecule has 150 valence electrons. The lowest BCUT2D eigenvalue weighted by Gasteiger charge is -2.30. The predicted molar refractivity (Wildman–Crippen MR) is 107 cm³/mol. The van der Waals surface area contributed by atoms with Crippen LogP contribution in [0.15, 0.2) is 23.2 Å². The van der Waals surface area contributed by atoms with E-state index in [0.717, 1.165) is 17.8 Å². The lowest BCUT2D eigenvalue weighted by Crippen LogP contribution is -2.49. The highest BCUT2D eigenvalue weighted by Gasteiger charge is 2.38. The number of ketones is 1. The number of amides is 1. The molecule has 0 radical (unpaired) electrons. The summed E-state index contributed by atoms with van der Waals surface area (Å²) in [4.78, 5) is 35.3. The molecule has 8 nitrogen and oxygen atoms in total. The molecule has 2 aromatic rings. The molecule has 2 heterocycles. The van der Waals surface area contributed by atoms with Gasteiger partial charge in [-0.1, -0.05) is 0 Å². The molecule has 6 N–H and O–H groups in total. The van der Waals surface area contributed by atoms with Crippen molar-refractivity contribution in [2.75, 3.05) is 13.1 Å². The molecule has 0 aliphatic carbocycles. The number of carbonyl (C=O) groups excluding carboxylic acids is 2. The lowest BCUT2D eigenvalue weighted by molar-refractivity contribution is -0.122. The van der Waals surface area contributed by atoms with E-state index in [2.05, 4.69) is 9.98 Å². The van der Waals surface area contributed by atoms with E-state index < -0.39 is 18.0 Å². The summed E-state index contributed by atoms with van der Waals surface area (Å²) in [5.74, 6) is -1.02. The molecule has 1 aliphatic rings. The van der Waals surface area contributed by atoms with E-state index in [4.69, 9.17) is 17.2 Å². The fourth-order valence-electron chi connectivity index (χ4n) is 3.55. The molecule has 10 heteroatoms. The van der Waals surface area contributed by atoms with Gasteiger partial charge in [0.25, 0.3) is 0 Å². The largest absolute Gasteiger partial charge is 0.370 e. The quantitative estimate of drug-likeness (QED) is 0.258. The number of nitrogens with two attached hydrogens (primary N) is 3. The zero-order valence-corrected chi connectivity index (χ0v) is 16.1. The van der Waals surface area contributed by atoms with Crippen LogP contribution in [0, 0.1) is 5.82 Å². The highest BCUT2D eigenvalue weighted by Crippen LogP contribution is 2.28. The number of thiazole rings is 1. The van der Waals surface area contributed by atoms with Crippen molar-refractivity contribution in [3.05, 3.63) is 29.0 Å². The van der Waals surface area contributed by atoms with Crippen LogP contribution in [0.4, 0.5) is 4.39 Å². The Kier molecular flexibility index (Phi) is 6.20. The summed E-state index contributed by atoms with van der Waals surface area (Å²) in [7, 11) is 0. The van der Waals surface area contributed by atoms with Crippen LogP contribution in [0.25, 0.3) is 10.2 Å². The minimum atomic E-state index is -0.556. The van der Waals surface area contributed by atoms with Gasteiger partial charge in [-0.15, -0.1) is 11.3 Å². The number of carbonyl (C=O) groups is 2. The van der Waals surface area contributed by atoms with Crippen LogP contribution in [0.5, 0.6) is 0 Å². The number of primary amides is 1. The van der Waals surface area contributed by atoms with Gasteiger partial charge in [-0.2, -0.15) is 0 Å². The zero-order valence-electron chi connectivity index (χ0n) is 15.3. The number of rotatable bonds is 8. The number of guanidine groups is 1. The lowest BCUT2D eigenvalue weighted by atomic mass is 10.0. The number of fused-ring (bicyclic) bond motifs is 1. The molecule has 3 rings (SSSR count). The molecule has 1 aromatic carbocycles. The molecule has 0 spiro atoms. The standard InChI is InChI=1S/C18H23FN6O2S/c19-10-5-6-11-14(9-10)28-17(24-11)15(26)12(3-1-7-23-18(21)22)25-8-2-4-13(25)16(20)27/h5-6,9,12-13H,1-4,7-8H2,(H2,20,27)(H4,21,22,23)/t12-,13-/m0/s1. The minimum Gasteiger partial charge on any atom is -0.370 e. The SMILES string of the molecule is NC(=O)[C@@H]1CCCN1[C@@H](CCCN=C(N)N)C(=O)c1nc2ccc(F)cc2s1. The second-order valence-electron chi connectivity index (χ2n) is 6.76. The Morgan fingerprint density at radius 3 is 2.86 bits per heavy atom. The molecule has 1 aromatic heterocycles. The summed E-state index contributed by atoms with van der Waals surface area (Å²) >= 11 is 1.15. The highest BCUT2D eigenvalue weighted by atomic mass is 32.1. The summed E-state index contributed by atoms with van der Waals surface area (Å²) in [6.07, 6.45) is 2.44. The van der Waals surface area contributed by atoms with Gasteiger partial charge in [-0.25, -0.2) is 9.37 Å². The second kappa shape index (κ2) is 8.61. The maximum Gasteiger partial charge on any atom is 0.234 e. The van der Waals surface area contributed by atoms with Gasteiger partial charge >= 0.3 is 0 Å². The highest BCUT2D eigenvalue weighted by molar-refractivity contribution is 7.20. The van der Waals surface area contributed by atoms with Crippen LogP contribution < -0.4 is 17.2 Å². The van der Waals surface area contributed by atoms with Gasteiger partial charge < -0.3 is 17.2 Å². The number of hydrogen-bond acceptors (Lipinski definition) is 6. The number of nitrogens with zero attached hydrogens (tertiary/aromatic N) is 3. The van der Waals surface area contributed by atoms with Crippen LogP contribution in [0.1, 0.15) is 35.5 Å². The number of halogens is 1. The first-order chi connectivity index (χ1) is 13.4. The zero-order chi connectivity index (χ0) is 20.3. The van der Waals surface area contributed by atoms with Crippen molar-refractivity contribution in [1.82, 2.24) is 9.88 Å². The van der Waals surface area contributed by atoms with Gasteiger partial charge in [-0.05, 0) is 50.4 Å². The van der Waals surface area contributed by atoms with Crippen molar-refractivity contribution >= 4 is 39.2 Å². The number of Topliss-reactive ketones (excluding diaryl/α,β-unsaturated/α-hetero) is 1. The molecule has 1 amide bonds. The molecule has 28 heavy (non-hydrogen) atoms. The van der Waals surface area contributed by atoms with Crippen LogP contribution >= 0.6 is 11.3 Å². The van der Waals surface area contributed by atoms with E-state index in [1.54, 1.807) is 6.07 Å². The molecule has 0 unspecified atom stereocenters. The van der Waals surface area contributed by atoms with Crippen LogP contribution in [0.3, 0.4) is 0 Å². The molecule has 0 saturated carbocycles. The third kappa shape index (κ3) is 4.45. The Balaban J connectivity index is 1.86. The summed E-state index contributed by atoms with van der Waals surface area (Å²) in [6, 6.07) is 3.18. The van der Waals surface area contributed by atoms with Crippen molar-refractivity contribution < 1.29 is 14.0 Å². The Bertz CT molecular complexity index is 911. The van der Waals surface area contributed by atoms with E-state index >= 15 is 0 Å². The number of likely N-dealkylation sites (tertiary alicyclic amines) is 1. The van der Waals surface area contributed by atoms with Crippen molar-refractivity contribution in [3.63, 3.8) is 0 Å². The van der Waals surface area contributed by atoms with Gasteiger partial charge in [0, 0.05) is 6.54 Å². The monoisotopic (exact) mass is 406 g/mol. The Labute approximate surface area is 165 Å². The summed E-state index contributed by atoms with van der Waals surface area (Å²) in [5, 5.41) is 0.294. The summed E-state index contributed by atoms with van der Waals surface area (Å²) in [6.45, 7) is 0.984. The van der Waals surface area contributed by atoms with Gasteiger partial charge in [0.05, 0.1) is 22.3 Å². The van der Waals surface area contributed by atoms with Crippen LogP contribution in [-0.2, 0) is 4.79 Å². The summed E-state index contributed by atoms with van der Waals surface area (Å²) in [5.41, 5.74) is 16.8. The third-order valence-electron chi connectivity index (χ3n) is 4.82. The first kappa shape index (κ1) is 20.2. The fourth-order valence-corrected chi connectivity index (χ4v) is 4.53. The van der Waals surface area contributed by atoms with E-state index in [9.17, 15) is 14.0 Å². The fraction of sp³-hybridized carbons (Fsp3) is 0.444. The Morgan fingerprint density at radius 1 is 1.36 bits per heavy atom. The maximum atomic E-state index is 13.5. The smallest absolute Gasteiger partial charge is 0.234 e. The molecule has 0 bridgehead atoms. The first-order valence-electron chi connectivity index (χ1n) is 9.07. The topological polar surface area (TPSA) is 141 Å². The molecule has 1 fully saturated rings. The number of aromatic nitrogens is 1. The maximum absolute atomic E-state index is 13.5. The number of aliphatic imine (C=N–C) groups is 1. The number of benzene rings is 1. The van der Waals surface area contributed by atoms with Gasteiger partial charge in [0.2, 0.25) is 11.7 Å². The van der Waals surface area contributed by atoms with Gasteiger partial charge in [0.1, 0.15) is 5.82 Å². The van der Waals surface area contributed by atoms with E-state index in [1.807, 2.05) is 4.90 Å². The van der Waals surface area contributed by atoms with E-state index in [1.165, 1.54) is 12.1 Å². The van der Waals surface area contributed by atoms with Gasteiger partial charge in [-0.3, -0.25) is 19.5 Å². The molecular formula is C18H23FN6O2S. The van der Waals surface area contributed by atoms with E-state index in [0.29, 0.717) is 47.6 Å². The Hall–Kier alpha value is -2.59. The number of hydrogen-bond donors (Lipinski definition) is 3. The third-order valence-corrected chi connectivity index (χ3v) is 5.85. The Morgan fingerprint density at radius 2 is 2.14 bits per heavy atom. The van der Waals surface area contributed by atoms with Crippen LogP contribution in [0.2, 0.25) is 0 Å². The predicted octanol–water partition coefficient (Wildman–Crippen LogP) is 0.990. The van der Waals surface area contributed by atoms with Crippen molar-refractivity contribution in [3.8, 4) is 0 Å². The van der Waals surface area contributed by atoms with Gasteiger partial charge in [0.15, 0.2) is 11.0 Å². The average Bonchev–Trinajstić information content (AvgIpc) is 3.27. The molecule has 1 aliphatic heterocycles. The molecule has 2 atom stereocenters. The normalized spacial score (nSPS) is 18.2. The van der Waals surface area contributed by atoms with Crippen LogP contribution in [-0.4, -0.2) is 52.7 Å². The first-order valence-corrected chi connectivity index (χ1v) is 9.89. The second-order valence-corrected chi connectivity index (χ2v) is 7.79. The minimum absolute atomic E-state index is 0.00717. The van der Waals surface area contributed by atoms with Crippen molar-refractivity contribution in [1.29, 1.82) is 0 Å². The average molecular weight is 406 g/mol. The molecule has 1 saturated heterocycles. The molecular weight excluding hydrogens is 383 g/mol. The summed E-state index contributed by atoms with van der Waals surface area (Å²) < 4.78 is 14.1. The van der Waals surface area contributed by atoms with Crippen molar-refractivity contribution in [2.24, 2.45) is 22.2 Å².